The van der Waals surface area contributed by atoms with Crippen molar-refractivity contribution in [3.8, 4) is 6.07 Å². The molecule has 0 heterocycles. The highest BCUT2D eigenvalue weighted by atomic mass is 16.2. The summed E-state index contributed by atoms with van der Waals surface area (Å²) < 4.78 is 0. The Balaban J connectivity index is 4.18. The molecule has 0 bridgehead atoms. The monoisotopic (exact) mass is 168 g/mol. The van der Waals surface area contributed by atoms with Crippen LogP contribution in [0.2, 0.25) is 0 Å². The summed E-state index contributed by atoms with van der Waals surface area (Å²) in [5.41, 5.74) is -0.392. The molecule has 0 fully saturated rings. The van der Waals surface area contributed by atoms with Gasteiger partial charge in [-0.1, -0.05) is 27.7 Å². The molecule has 0 rings (SSSR count). The van der Waals surface area contributed by atoms with Crippen molar-refractivity contribution < 1.29 is 4.79 Å². The lowest BCUT2D eigenvalue weighted by Crippen LogP contribution is -2.40. The fourth-order valence-corrected chi connectivity index (χ4v) is 0.610. The average molecular weight is 168 g/mol. The van der Waals surface area contributed by atoms with E-state index in [9.17, 15) is 4.79 Å². The molecule has 0 aliphatic rings. The van der Waals surface area contributed by atoms with E-state index in [1.807, 2.05) is 33.8 Å². The Bertz CT molecular complexity index is 201. The van der Waals surface area contributed by atoms with Gasteiger partial charge in [0.2, 0.25) is 5.91 Å². The molecule has 0 atom stereocenters. The van der Waals surface area contributed by atoms with E-state index in [-0.39, 0.29) is 18.4 Å². The molecular formula is C9H16N2O. The van der Waals surface area contributed by atoms with Crippen LogP contribution in [-0.4, -0.2) is 12.5 Å². The molecular weight excluding hydrogens is 152 g/mol. The van der Waals surface area contributed by atoms with Crippen LogP contribution in [0, 0.1) is 22.7 Å². The van der Waals surface area contributed by atoms with Crippen LogP contribution in [0.3, 0.4) is 0 Å². The predicted octanol–water partition coefficient (Wildman–Crippen LogP) is 1.31. The van der Waals surface area contributed by atoms with Gasteiger partial charge in [-0.05, 0) is 5.92 Å². The molecule has 12 heavy (non-hydrogen) atoms. The normalized spacial score (nSPS) is 11.0. The van der Waals surface area contributed by atoms with E-state index in [0.717, 1.165) is 0 Å². The van der Waals surface area contributed by atoms with Crippen LogP contribution in [0.4, 0.5) is 0 Å². The number of carbonyl (C=O) groups is 1. The molecule has 0 aromatic rings. The molecule has 0 radical (unpaired) electrons. The fourth-order valence-electron chi connectivity index (χ4n) is 0.610. The number of hydrogen-bond donors (Lipinski definition) is 1. The third-order valence-electron chi connectivity index (χ3n) is 2.36. The quantitative estimate of drug-likeness (QED) is 0.646. The van der Waals surface area contributed by atoms with Gasteiger partial charge >= 0.3 is 0 Å². The number of amides is 1. The van der Waals surface area contributed by atoms with Crippen LogP contribution in [0.25, 0.3) is 0 Å². The maximum atomic E-state index is 11.4. The molecule has 0 saturated heterocycles. The van der Waals surface area contributed by atoms with E-state index in [4.69, 9.17) is 5.26 Å². The Hall–Kier alpha value is -1.04. The first-order valence-corrected chi connectivity index (χ1v) is 4.08. The number of nitriles is 1. The lowest BCUT2D eigenvalue weighted by molar-refractivity contribution is -0.131. The molecule has 1 N–H and O–H groups in total. The average Bonchev–Trinajstić information content (AvgIpc) is 1.99. The lowest BCUT2D eigenvalue weighted by atomic mass is 9.80. The number of carbonyl (C=O) groups excluding carboxylic acids is 1. The Kier molecular flexibility index (Phi) is 3.75. The zero-order chi connectivity index (χ0) is 9.78. The second-order valence-corrected chi connectivity index (χ2v) is 3.72. The van der Waals surface area contributed by atoms with Crippen LogP contribution < -0.4 is 5.32 Å². The van der Waals surface area contributed by atoms with Crippen molar-refractivity contribution in [1.29, 1.82) is 5.26 Å². The molecule has 3 heteroatoms. The topological polar surface area (TPSA) is 52.9 Å². The summed E-state index contributed by atoms with van der Waals surface area (Å²) in [6, 6.07) is 1.88. The van der Waals surface area contributed by atoms with Gasteiger partial charge in [0.1, 0.15) is 6.54 Å². The van der Waals surface area contributed by atoms with Gasteiger partial charge in [-0.3, -0.25) is 4.79 Å². The van der Waals surface area contributed by atoms with Crippen LogP contribution in [0.5, 0.6) is 0 Å². The molecule has 68 valence electrons. The van der Waals surface area contributed by atoms with Crippen LogP contribution in [0.1, 0.15) is 27.7 Å². The van der Waals surface area contributed by atoms with Crippen LogP contribution in [-0.2, 0) is 4.79 Å². The summed E-state index contributed by atoms with van der Waals surface area (Å²) >= 11 is 0. The Morgan fingerprint density at radius 3 is 2.42 bits per heavy atom. The lowest BCUT2D eigenvalue weighted by Gasteiger charge is -2.26. The van der Waals surface area contributed by atoms with E-state index in [0.29, 0.717) is 0 Å². The SMILES string of the molecule is CC(C)C(C)(C)C(=O)NCC#N. The van der Waals surface area contributed by atoms with Crippen LogP contribution >= 0.6 is 0 Å². The molecule has 1 amide bonds. The van der Waals surface area contributed by atoms with Crippen molar-refractivity contribution in [2.45, 2.75) is 27.7 Å². The first-order chi connectivity index (χ1) is 5.42. The van der Waals surface area contributed by atoms with Gasteiger partial charge in [0.15, 0.2) is 0 Å². The van der Waals surface area contributed by atoms with E-state index in [1.54, 1.807) is 0 Å². The van der Waals surface area contributed by atoms with Gasteiger partial charge in [-0.2, -0.15) is 5.26 Å². The highest BCUT2D eigenvalue weighted by molar-refractivity contribution is 5.82. The minimum absolute atomic E-state index is 0.0564. The summed E-state index contributed by atoms with van der Waals surface area (Å²) in [5.74, 6) is 0.218. The molecule has 3 nitrogen and oxygen atoms in total. The number of hydrogen-bond acceptors (Lipinski definition) is 2. The Morgan fingerprint density at radius 2 is 2.08 bits per heavy atom. The van der Waals surface area contributed by atoms with Gasteiger partial charge in [-0.15, -0.1) is 0 Å². The van der Waals surface area contributed by atoms with Crippen molar-refractivity contribution >= 4 is 5.91 Å². The van der Waals surface area contributed by atoms with Gasteiger partial charge < -0.3 is 5.32 Å². The van der Waals surface area contributed by atoms with Gasteiger partial charge in [0, 0.05) is 5.41 Å². The summed E-state index contributed by atoms with van der Waals surface area (Å²) in [6.07, 6.45) is 0. The summed E-state index contributed by atoms with van der Waals surface area (Å²) in [5, 5.41) is 10.8. The van der Waals surface area contributed by atoms with Crippen molar-refractivity contribution in [3.63, 3.8) is 0 Å². The second kappa shape index (κ2) is 4.10. The van der Waals surface area contributed by atoms with Crippen molar-refractivity contribution in [2.75, 3.05) is 6.54 Å². The minimum atomic E-state index is -0.392. The maximum Gasteiger partial charge on any atom is 0.226 e. The summed E-state index contributed by atoms with van der Waals surface area (Å²) in [6.45, 7) is 7.83. The number of rotatable bonds is 3. The van der Waals surface area contributed by atoms with Crippen LogP contribution in [0.15, 0.2) is 0 Å². The highest BCUT2D eigenvalue weighted by Crippen LogP contribution is 2.25. The Morgan fingerprint density at radius 1 is 1.58 bits per heavy atom. The molecule has 0 aliphatic carbocycles. The maximum absolute atomic E-state index is 11.4. The van der Waals surface area contributed by atoms with Gasteiger partial charge in [-0.25, -0.2) is 0 Å². The fraction of sp³-hybridized carbons (Fsp3) is 0.778. The number of nitrogens with one attached hydrogen (secondary N) is 1. The summed E-state index contributed by atoms with van der Waals surface area (Å²) in [7, 11) is 0. The van der Waals surface area contributed by atoms with Gasteiger partial charge in [0.05, 0.1) is 6.07 Å². The largest absolute Gasteiger partial charge is 0.343 e. The zero-order valence-electron chi connectivity index (χ0n) is 8.14. The predicted molar refractivity (Wildman–Crippen MR) is 47.2 cm³/mol. The second-order valence-electron chi connectivity index (χ2n) is 3.72. The van der Waals surface area contributed by atoms with E-state index in [1.165, 1.54) is 0 Å². The smallest absolute Gasteiger partial charge is 0.226 e. The third-order valence-corrected chi connectivity index (χ3v) is 2.36. The van der Waals surface area contributed by atoms with Crippen molar-refractivity contribution in [1.82, 2.24) is 5.32 Å². The third kappa shape index (κ3) is 2.54. The van der Waals surface area contributed by atoms with Crippen molar-refractivity contribution in [3.05, 3.63) is 0 Å². The Labute approximate surface area is 73.8 Å². The van der Waals surface area contributed by atoms with E-state index < -0.39 is 5.41 Å². The molecule has 0 saturated carbocycles. The van der Waals surface area contributed by atoms with Crippen molar-refractivity contribution in [2.24, 2.45) is 11.3 Å². The van der Waals surface area contributed by atoms with E-state index in [2.05, 4.69) is 5.32 Å². The first-order valence-electron chi connectivity index (χ1n) is 4.08. The summed E-state index contributed by atoms with van der Waals surface area (Å²) in [4.78, 5) is 11.4. The van der Waals surface area contributed by atoms with Gasteiger partial charge in [0.25, 0.3) is 0 Å². The zero-order valence-corrected chi connectivity index (χ0v) is 8.14. The molecule has 0 aromatic heterocycles. The molecule has 0 unspecified atom stereocenters. The first kappa shape index (κ1) is 11.0. The standard InChI is InChI=1S/C9H16N2O/c1-7(2)9(3,4)8(12)11-6-5-10/h7H,6H2,1-4H3,(H,11,12). The molecule has 0 spiro atoms. The van der Waals surface area contributed by atoms with E-state index >= 15 is 0 Å². The molecule has 0 aromatic carbocycles. The highest BCUT2D eigenvalue weighted by Gasteiger charge is 2.30. The molecule has 0 aliphatic heterocycles. The number of nitrogens with zero attached hydrogens (tertiary/aromatic N) is 1. The minimum Gasteiger partial charge on any atom is -0.343 e.